The highest BCUT2D eigenvalue weighted by atomic mass is 19.1. The van der Waals surface area contributed by atoms with Gasteiger partial charge in [0, 0.05) is 22.7 Å². The van der Waals surface area contributed by atoms with E-state index in [9.17, 15) is 9.18 Å². The van der Waals surface area contributed by atoms with Gasteiger partial charge in [-0.2, -0.15) is 0 Å². The molecule has 0 spiro atoms. The predicted molar refractivity (Wildman–Crippen MR) is 79.1 cm³/mol. The molecule has 0 aliphatic carbocycles. The maximum absolute atomic E-state index is 14.2. The number of rotatable bonds is 3. The summed E-state index contributed by atoms with van der Waals surface area (Å²) in [5, 5.41) is 10.1. The summed E-state index contributed by atoms with van der Waals surface area (Å²) in [6, 6.07) is 12.4. The van der Waals surface area contributed by atoms with Gasteiger partial charge < -0.3 is 9.67 Å². The van der Waals surface area contributed by atoms with Crippen LogP contribution in [0.4, 0.5) is 4.39 Å². The molecule has 106 valence electrons. The standard InChI is InChI=1S/C17H14FNO2/c1-11-4-2-7-15-13(11)8-9-19(15)10-12-5-3-6-14(16(12)18)17(20)21/h2-9H,10H2,1H3,(H,20,21). The summed E-state index contributed by atoms with van der Waals surface area (Å²) in [6.07, 6.45) is 1.89. The van der Waals surface area contributed by atoms with E-state index < -0.39 is 11.8 Å². The Kier molecular flexibility index (Phi) is 3.22. The van der Waals surface area contributed by atoms with E-state index in [4.69, 9.17) is 5.11 Å². The number of carboxylic acids is 1. The lowest BCUT2D eigenvalue weighted by molar-refractivity contribution is 0.0691. The summed E-state index contributed by atoms with van der Waals surface area (Å²) in [5.41, 5.74) is 2.25. The van der Waals surface area contributed by atoms with Gasteiger partial charge >= 0.3 is 5.97 Å². The second-order valence-electron chi connectivity index (χ2n) is 5.04. The summed E-state index contributed by atoms with van der Waals surface area (Å²) in [5.74, 6) is -1.91. The van der Waals surface area contributed by atoms with Crippen LogP contribution in [0.15, 0.2) is 48.7 Å². The van der Waals surface area contributed by atoms with Gasteiger partial charge in [-0.05, 0) is 30.7 Å². The average Bonchev–Trinajstić information content (AvgIpc) is 2.85. The molecular formula is C17H14FNO2. The predicted octanol–water partition coefficient (Wildman–Crippen LogP) is 3.84. The van der Waals surface area contributed by atoms with Crippen LogP contribution >= 0.6 is 0 Å². The lowest BCUT2D eigenvalue weighted by Gasteiger charge is -2.09. The minimum Gasteiger partial charge on any atom is -0.478 e. The molecule has 0 bridgehead atoms. The first-order chi connectivity index (χ1) is 10.1. The molecule has 1 heterocycles. The normalized spacial score (nSPS) is 11.0. The summed E-state index contributed by atoms with van der Waals surface area (Å²) in [4.78, 5) is 11.0. The maximum Gasteiger partial charge on any atom is 0.338 e. The van der Waals surface area contributed by atoms with Gasteiger partial charge in [0.1, 0.15) is 5.82 Å². The molecule has 21 heavy (non-hydrogen) atoms. The Morgan fingerprint density at radius 2 is 1.95 bits per heavy atom. The lowest BCUT2D eigenvalue weighted by atomic mass is 10.1. The quantitative estimate of drug-likeness (QED) is 0.793. The van der Waals surface area contributed by atoms with Crippen molar-refractivity contribution in [2.45, 2.75) is 13.5 Å². The summed E-state index contributed by atoms with van der Waals surface area (Å²) in [7, 11) is 0. The first kappa shape index (κ1) is 13.4. The van der Waals surface area contributed by atoms with Crippen molar-refractivity contribution in [2.24, 2.45) is 0 Å². The highest BCUT2D eigenvalue weighted by Crippen LogP contribution is 2.22. The largest absolute Gasteiger partial charge is 0.478 e. The fourth-order valence-corrected chi connectivity index (χ4v) is 2.57. The highest BCUT2D eigenvalue weighted by molar-refractivity contribution is 5.88. The van der Waals surface area contributed by atoms with E-state index in [-0.39, 0.29) is 5.56 Å². The topological polar surface area (TPSA) is 42.2 Å². The molecule has 1 aromatic heterocycles. The molecule has 0 aliphatic heterocycles. The van der Waals surface area contributed by atoms with E-state index in [0.717, 1.165) is 16.5 Å². The van der Waals surface area contributed by atoms with Crippen molar-refractivity contribution in [1.29, 1.82) is 0 Å². The number of aromatic carboxylic acids is 1. The molecule has 3 rings (SSSR count). The number of nitrogens with zero attached hydrogens (tertiary/aromatic N) is 1. The summed E-state index contributed by atoms with van der Waals surface area (Å²) >= 11 is 0. The van der Waals surface area contributed by atoms with Crippen LogP contribution in [0.1, 0.15) is 21.5 Å². The zero-order valence-electron chi connectivity index (χ0n) is 11.5. The molecule has 0 atom stereocenters. The number of aryl methyl sites for hydroxylation is 1. The number of benzene rings is 2. The van der Waals surface area contributed by atoms with Crippen LogP contribution < -0.4 is 0 Å². The van der Waals surface area contributed by atoms with Gasteiger partial charge in [0.2, 0.25) is 0 Å². The van der Waals surface area contributed by atoms with Crippen LogP contribution in [-0.4, -0.2) is 15.6 Å². The fraction of sp³-hybridized carbons (Fsp3) is 0.118. The van der Waals surface area contributed by atoms with Crippen molar-refractivity contribution in [2.75, 3.05) is 0 Å². The van der Waals surface area contributed by atoms with Crippen molar-refractivity contribution in [3.8, 4) is 0 Å². The fourth-order valence-electron chi connectivity index (χ4n) is 2.57. The minimum atomic E-state index is -1.25. The van der Waals surface area contributed by atoms with Crippen LogP contribution in [0, 0.1) is 12.7 Å². The Bertz CT molecular complexity index is 836. The summed E-state index contributed by atoms with van der Waals surface area (Å²) in [6.45, 7) is 2.33. The highest BCUT2D eigenvalue weighted by Gasteiger charge is 2.14. The van der Waals surface area contributed by atoms with Gasteiger partial charge in [0.25, 0.3) is 0 Å². The Labute approximate surface area is 121 Å². The molecule has 0 saturated heterocycles. The molecule has 0 aliphatic rings. The second-order valence-corrected chi connectivity index (χ2v) is 5.04. The van der Waals surface area contributed by atoms with Gasteiger partial charge in [-0.25, -0.2) is 9.18 Å². The van der Waals surface area contributed by atoms with Crippen LogP contribution in [-0.2, 0) is 6.54 Å². The van der Waals surface area contributed by atoms with E-state index in [1.807, 2.05) is 42.0 Å². The third-order valence-electron chi connectivity index (χ3n) is 3.68. The third kappa shape index (κ3) is 2.29. The molecular weight excluding hydrogens is 269 g/mol. The van der Waals surface area contributed by atoms with Gasteiger partial charge in [-0.15, -0.1) is 0 Å². The number of halogens is 1. The number of fused-ring (bicyclic) bond motifs is 1. The van der Waals surface area contributed by atoms with Crippen LogP contribution in [0.3, 0.4) is 0 Å². The Hall–Kier alpha value is -2.62. The SMILES string of the molecule is Cc1cccc2c1ccn2Cc1cccc(C(=O)O)c1F. The van der Waals surface area contributed by atoms with E-state index >= 15 is 0 Å². The molecule has 3 aromatic rings. The minimum absolute atomic E-state index is 0.292. The molecule has 0 unspecified atom stereocenters. The monoisotopic (exact) mass is 283 g/mol. The van der Waals surface area contributed by atoms with E-state index in [1.54, 1.807) is 12.1 Å². The van der Waals surface area contributed by atoms with Crippen LogP contribution in [0.25, 0.3) is 10.9 Å². The zero-order chi connectivity index (χ0) is 15.0. The Morgan fingerprint density at radius 1 is 1.19 bits per heavy atom. The van der Waals surface area contributed by atoms with Gasteiger partial charge in [-0.3, -0.25) is 0 Å². The van der Waals surface area contributed by atoms with Crippen molar-refractivity contribution >= 4 is 16.9 Å². The number of hydrogen-bond donors (Lipinski definition) is 1. The number of carboxylic acid groups (broad SMARTS) is 1. The van der Waals surface area contributed by atoms with Crippen molar-refractivity contribution in [1.82, 2.24) is 4.57 Å². The van der Waals surface area contributed by atoms with Crippen LogP contribution in [0.2, 0.25) is 0 Å². The number of aromatic nitrogens is 1. The van der Waals surface area contributed by atoms with Gasteiger partial charge in [0.05, 0.1) is 12.1 Å². The van der Waals surface area contributed by atoms with Crippen LogP contribution in [0.5, 0.6) is 0 Å². The molecule has 0 radical (unpaired) electrons. The maximum atomic E-state index is 14.2. The summed E-state index contributed by atoms with van der Waals surface area (Å²) < 4.78 is 16.1. The zero-order valence-corrected chi connectivity index (χ0v) is 11.5. The Morgan fingerprint density at radius 3 is 2.71 bits per heavy atom. The van der Waals surface area contributed by atoms with Crippen molar-refractivity contribution in [3.05, 3.63) is 71.2 Å². The second kappa shape index (κ2) is 5.05. The number of carbonyl (C=O) groups is 1. The molecule has 0 fully saturated rings. The molecule has 0 saturated carbocycles. The molecule has 1 N–H and O–H groups in total. The average molecular weight is 283 g/mol. The number of hydrogen-bond acceptors (Lipinski definition) is 1. The van der Waals surface area contributed by atoms with Gasteiger partial charge in [-0.1, -0.05) is 24.3 Å². The first-order valence-electron chi connectivity index (χ1n) is 6.63. The van der Waals surface area contributed by atoms with E-state index in [2.05, 4.69) is 0 Å². The van der Waals surface area contributed by atoms with E-state index in [0.29, 0.717) is 12.1 Å². The molecule has 0 amide bonds. The first-order valence-corrected chi connectivity index (χ1v) is 6.63. The van der Waals surface area contributed by atoms with E-state index in [1.165, 1.54) is 6.07 Å². The van der Waals surface area contributed by atoms with Crippen molar-refractivity contribution in [3.63, 3.8) is 0 Å². The lowest BCUT2D eigenvalue weighted by Crippen LogP contribution is -2.06. The van der Waals surface area contributed by atoms with Crippen molar-refractivity contribution < 1.29 is 14.3 Å². The molecule has 3 nitrogen and oxygen atoms in total. The third-order valence-corrected chi connectivity index (χ3v) is 3.68. The van der Waals surface area contributed by atoms with Gasteiger partial charge in [0.15, 0.2) is 0 Å². The smallest absolute Gasteiger partial charge is 0.338 e. The molecule has 4 heteroatoms. The molecule has 2 aromatic carbocycles. The Balaban J connectivity index is 2.05.